The maximum Gasteiger partial charge on any atom is 0.303 e. The van der Waals surface area contributed by atoms with E-state index in [1.165, 1.54) is 25.7 Å². The smallest absolute Gasteiger partial charge is 0.303 e. The van der Waals surface area contributed by atoms with Crippen molar-refractivity contribution in [3.63, 3.8) is 0 Å². The fourth-order valence-corrected chi connectivity index (χ4v) is 5.48. The molecule has 1 saturated carbocycles. The Balaban J connectivity index is 1.35. The van der Waals surface area contributed by atoms with E-state index in [4.69, 9.17) is 14.6 Å². The molecule has 4 rings (SSSR count). The van der Waals surface area contributed by atoms with E-state index in [1.807, 2.05) is 36.4 Å². The molecule has 2 aliphatic rings. The zero-order valence-electron chi connectivity index (χ0n) is 21.8. The van der Waals surface area contributed by atoms with Crippen molar-refractivity contribution < 1.29 is 24.5 Å². The van der Waals surface area contributed by atoms with Crippen molar-refractivity contribution in [1.82, 2.24) is 4.90 Å². The number of ether oxygens (including phenoxy) is 2. The lowest BCUT2D eigenvalue weighted by Crippen LogP contribution is -2.45. The molecule has 6 nitrogen and oxygen atoms in total. The topological polar surface area (TPSA) is 79.2 Å². The molecule has 1 aliphatic carbocycles. The second-order valence-corrected chi connectivity index (χ2v) is 10.2. The standard InChI is InChI=1S/C31H41NO5/c33-22-24-9-13-26(14-10-24)27-15-11-25(12-16-27)23-37-29-18-17-28(32-19-5-1-2-6-20-32)31(29)36-21-7-3-4-8-30(34)35/h3,7,9-16,28-29,31,33H,1-2,4-6,8,17-23H2,(H,34,35)/t28-,29-,31+/m0/s1. The molecule has 2 aromatic rings. The zero-order chi connectivity index (χ0) is 25.9. The number of rotatable bonds is 12. The minimum Gasteiger partial charge on any atom is -0.481 e. The van der Waals surface area contributed by atoms with E-state index in [9.17, 15) is 9.90 Å². The Hall–Kier alpha value is -2.51. The van der Waals surface area contributed by atoms with Crippen molar-refractivity contribution in [1.29, 1.82) is 0 Å². The number of aliphatic hydroxyl groups is 1. The highest BCUT2D eigenvalue weighted by atomic mass is 16.5. The van der Waals surface area contributed by atoms with Gasteiger partial charge in [-0.3, -0.25) is 9.69 Å². The molecular formula is C31H41NO5. The summed E-state index contributed by atoms with van der Waals surface area (Å²) in [5.74, 6) is -0.774. The number of likely N-dealkylation sites (tertiary alicyclic amines) is 1. The third-order valence-electron chi connectivity index (χ3n) is 7.57. The molecule has 0 unspecified atom stereocenters. The summed E-state index contributed by atoms with van der Waals surface area (Å²) in [4.78, 5) is 13.4. The molecule has 0 bridgehead atoms. The SMILES string of the molecule is O=C(O)CCC=CCO[C@H]1[C@@H](OCc2ccc(-c3ccc(CO)cc3)cc2)CC[C@@H]1N1CCCCCC1. The fraction of sp³-hybridized carbons (Fsp3) is 0.516. The van der Waals surface area contributed by atoms with Gasteiger partial charge in [-0.2, -0.15) is 0 Å². The van der Waals surface area contributed by atoms with Crippen LogP contribution in [0.2, 0.25) is 0 Å². The number of hydrogen-bond donors (Lipinski definition) is 2. The monoisotopic (exact) mass is 507 g/mol. The number of aliphatic hydroxyl groups excluding tert-OH is 1. The van der Waals surface area contributed by atoms with Gasteiger partial charge in [-0.25, -0.2) is 0 Å². The summed E-state index contributed by atoms with van der Waals surface area (Å²) in [6.07, 6.45) is 11.8. The molecule has 1 aliphatic heterocycles. The number of nitrogens with zero attached hydrogens (tertiary/aromatic N) is 1. The molecule has 0 aromatic heterocycles. The molecule has 37 heavy (non-hydrogen) atoms. The quantitative estimate of drug-likeness (QED) is 0.366. The maximum absolute atomic E-state index is 10.7. The average Bonchev–Trinajstić information content (AvgIpc) is 3.12. The lowest BCUT2D eigenvalue weighted by Gasteiger charge is -2.33. The first-order chi connectivity index (χ1) is 18.1. The number of aliphatic carboxylic acids is 1. The van der Waals surface area contributed by atoms with Crippen molar-refractivity contribution in [2.45, 2.75) is 82.8 Å². The Morgan fingerprint density at radius 3 is 2.14 bits per heavy atom. The van der Waals surface area contributed by atoms with E-state index in [0.29, 0.717) is 25.7 Å². The Morgan fingerprint density at radius 1 is 0.865 bits per heavy atom. The predicted octanol–water partition coefficient (Wildman–Crippen LogP) is 5.58. The zero-order valence-corrected chi connectivity index (χ0v) is 21.8. The molecule has 2 aromatic carbocycles. The van der Waals surface area contributed by atoms with Crippen LogP contribution >= 0.6 is 0 Å². The summed E-state index contributed by atoms with van der Waals surface area (Å²) in [6.45, 7) is 3.36. The van der Waals surface area contributed by atoms with Crippen LogP contribution in [0.4, 0.5) is 0 Å². The average molecular weight is 508 g/mol. The van der Waals surface area contributed by atoms with Gasteiger partial charge in [0, 0.05) is 12.5 Å². The summed E-state index contributed by atoms with van der Waals surface area (Å²) < 4.78 is 12.9. The van der Waals surface area contributed by atoms with Gasteiger partial charge in [-0.1, -0.05) is 73.5 Å². The lowest BCUT2D eigenvalue weighted by molar-refractivity contribution is -0.136. The van der Waals surface area contributed by atoms with Crippen molar-refractivity contribution in [2.24, 2.45) is 0 Å². The first kappa shape index (κ1) is 27.5. The molecule has 3 atom stereocenters. The molecule has 0 radical (unpaired) electrons. The van der Waals surface area contributed by atoms with Crippen LogP contribution in [-0.4, -0.2) is 59.0 Å². The van der Waals surface area contributed by atoms with Gasteiger partial charge in [0.05, 0.1) is 32.0 Å². The highest BCUT2D eigenvalue weighted by Gasteiger charge is 2.40. The second kappa shape index (κ2) is 14.4. The molecule has 6 heteroatoms. The Bertz CT molecular complexity index is 980. The van der Waals surface area contributed by atoms with E-state index >= 15 is 0 Å². The van der Waals surface area contributed by atoms with Gasteiger partial charge in [0.15, 0.2) is 0 Å². The van der Waals surface area contributed by atoms with Gasteiger partial charge in [-0.15, -0.1) is 0 Å². The third kappa shape index (κ3) is 8.24. The van der Waals surface area contributed by atoms with Crippen LogP contribution < -0.4 is 0 Å². The normalized spacial score (nSPS) is 22.9. The van der Waals surface area contributed by atoms with Crippen LogP contribution in [0.25, 0.3) is 11.1 Å². The van der Waals surface area contributed by atoms with E-state index in [-0.39, 0.29) is 25.2 Å². The van der Waals surface area contributed by atoms with Gasteiger partial charge in [0.25, 0.3) is 0 Å². The number of carboxylic acid groups (broad SMARTS) is 1. The van der Waals surface area contributed by atoms with Crippen LogP contribution in [0.1, 0.15) is 62.5 Å². The molecule has 1 saturated heterocycles. The molecule has 0 spiro atoms. The highest BCUT2D eigenvalue weighted by molar-refractivity contribution is 5.66. The summed E-state index contributed by atoms with van der Waals surface area (Å²) in [7, 11) is 0. The van der Waals surface area contributed by atoms with E-state index < -0.39 is 5.97 Å². The Morgan fingerprint density at radius 2 is 1.51 bits per heavy atom. The molecule has 200 valence electrons. The molecule has 1 heterocycles. The van der Waals surface area contributed by atoms with Crippen LogP contribution in [0.3, 0.4) is 0 Å². The summed E-state index contributed by atoms with van der Waals surface area (Å²) in [5.41, 5.74) is 4.33. The second-order valence-electron chi connectivity index (χ2n) is 10.2. The first-order valence-corrected chi connectivity index (χ1v) is 13.8. The van der Waals surface area contributed by atoms with Crippen LogP contribution in [-0.2, 0) is 27.5 Å². The van der Waals surface area contributed by atoms with Crippen LogP contribution in [0, 0.1) is 0 Å². The number of benzene rings is 2. The van der Waals surface area contributed by atoms with Crippen LogP contribution in [0.15, 0.2) is 60.7 Å². The van der Waals surface area contributed by atoms with Crippen molar-refractivity contribution in [3.05, 3.63) is 71.8 Å². The summed E-state index contributed by atoms with van der Waals surface area (Å²) in [5, 5.41) is 18.1. The van der Waals surface area contributed by atoms with Gasteiger partial charge in [0.2, 0.25) is 0 Å². The fourth-order valence-electron chi connectivity index (χ4n) is 5.48. The number of carboxylic acids is 1. The lowest BCUT2D eigenvalue weighted by atomic mass is 10.0. The van der Waals surface area contributed by atoms with E-state index in [0.717, 1.165) is 48.2 Å². The van der Waals surface area contributed by atoms with Gasteiger partial charge in [0.1, 0.15) is 0 Å². The van der Waals surface area contributed by atoms with Crippen molar-refractivity contribution >= 4 is 5.97 Å². The molecular weight excluding hydrogens is 466 g/mol. The Labute approximate surface area is 220 Å². The molecule has 2 N–H and O–H groups in total. The molecule has 0 amide bonds. The summed E-state index contributed by atoms with van der Waals surface area (Å²) >= 11 is 0. The van der Waals surface area contributed by atoms with Gasteiger partial charge < -0.3 is 19.7 Å². The Kier molecular flexibility index (Phi) is 10.7. The predicted molar refractivity (Wildman–Crippen MR) is 145 cm³/mol. The minimum atomic E-state index is -0.774. The number of allylic oxidation sites excluding steroid dienone is 1. The number of hydrogen-bond acceptors (Lipinski definition) is 5. The summed E-state index contributed by atoms with van der Waals surface area (Å²) in [6, 6.07) is 16.8. The van der Waals surface area contributed by atoms with Crippen molar-refractivity contribution in [3.8, 4) is 11.1 Å². The highest BCUT2D eigenvalue weighted by Crippen LogP contribution is 2.32. The van der Waals surface area contributed by atoms with Crippen LogP contribution in [0.5, 0.6) is 0 Å². The largest absolute Gasteiger partial charge is 0.481 e. The van der Waals surface area contributed by atoms with E-state index in [1.54, 1.807) is 0 Å². The van der Waals surface area contributed by atoms with E-state index in [2.05, 4.69) is 29.2 Å². The minimum absolute atomic E-state index is 0.0199. The van der Waals surface area contributed by atoms with Gasteiger partial charge >= 0.3 is 5.97 Å². The van der Waals surface area contributed by atoms with Crippen molar-refractivity contribution in [2.75, 3.05) is 19.7 Å². The number of carbonyl (C=O) groups is 1. The third-order valence-corrected chi connectivity index (χ3v) is 7.57. The maximum atomic E-state index is 10.7. The van der Waals surface area contributed by atoms with Gasteiger partial charge in [-0.05, 0) is 67.4 Å². The first-order valence-electron chi connectivity index (χ1n) is 13.8. The molecule has 2 fully saturated rings.